The molecule has 8 nitrogen and oxygen atoms in total. The summed E-state index contributed by atoms with van der Waals surface area (Å²) in [6, 6.07) is 7.12. The van der Waals surface area contributed by atoms with Crippen molar-refractivity contribution < 1.29 is 14.4 Å². The summed E-state index contributed by atoms with van der Waals surface area (Å²) in [6.45, 7) is 2.22. The van der Waals surface area contributed by atoms with Gasteiger partial charge in [-0.1, -0.05) is 12.1 Å². The van der Waals surface area contributed by atoms with Crippen LogP contribution in [-0.4, -0.2) is 57.8 Å². The third-order valence-corrected chi connectivity index (χ3v) is 4.21. The van der Waals surface area contributed by atoms with Crippen molar-refractivity contribution in [3.05, 3.63) is 30.1 Å². The smallest absolute Gasteiger partial charge is 0.326 e. The number of imide groups is 1. The third-order valence-electron chi connectivity index (χ3n) is 4.21. The first-order valence-corrected chi connectivity index (χ1v) is 8.25. The van der Waals surface area contributed by atoms with Crippen molar-refractivity contribution in [3.8, 4) is 0 Å². The van der Waals surface area contributed by atoms with Crippen LogP contribution in [0.25, 0.3) is 11.0 Å². The van der Waals surface area contributed by atoms with Crippen molar-refractivity contribution in [1.82, 2.24) is 25.1 Å². The van der Waals surface area contributed by atoms with E-state index in [1.807, 2.05) is 31.2 Å². The average Bonchev–Trinajstić information content (AvgIpc) is 3.11. The number of amides is 4. The Morgan fingerprint density at radius 2 is 2.12 bits per heavy atom. The van der Waals surface area contributed by atoms with E-state index < -0.39 is 0 Å². The first-order valence-electron chi connectivity index (χ1n) is 8.25. The number of rotatable bonds is 6. The SMILES string of the molecule is C[C@H](NC(=O)CCCN1C(=O)CN(C)C1=O)c1nc2ccccc2[nH]1. The molecule has 1 aromatic carbocycles. The Morgan fingerprint density at radius 3 is 2.80 bits per heavy atom. The minimum absolute atomic E-state index is 0.105. The molecule has 1 aliphatic heterocycles. The van der Waals surface area contributed by atoms with Crippen molar-refractivity contribution in [2.45, 2.75) is 25.8 Å². The van der Waals surface area contributed by atoms with Gasteiger partial charge in [0.15, 0.2) is 0 Å². The Labute approximate surface area is 145 Å². The molecule has 0 aliphatic carbocycles. The molecule has 2 aromatic rings. The van der Waals surface area contributed by atoms with Crippen molar-refractivity contribution in [3.63, 3.8) is 0 Å². The molecule has 4 amide bonds. The van der Waals surface area contributed by atoms with Gasteiger partial charge in [0.2, 0.25) is 11.8 Å². The maximum absolute atomic E-state index is 12.1. The molecule has 0 bridgehead atoms. The van der Waals surface area contributed by atoms with E-state index in [0.717, 1.165) is 11.0 Å². The highest BCUT2D eigenvalue weighted by atomic mass is 16.2. The van der Waals surface area contributed by atoms with Gasteiger partial charge in [0.05, 0.1) is 17.1 Å². The summed E-state index contributed by atoms with van der Waals surface area (Å²) in [7, 11) is 1.59. The van der Waals surface area contributed by atoms with Crippen molar-refractivity contribution in [2.75, 3.05) is 20.1 Å². The van der Waals surface area contributed by atoms with Crippen molar-refractivity contribution >= 4 is 28.9 Å². The van der Waals surface area contributed by atoms with Gasteiger partial charge in [0.25, 0.3) is 0 Å². The maximum atomic E-state index is 12.1. The molecule has 1 aliphatic rings. The second kappa shape index (κ2) is 6.92. The van der Waals surface area contributed by atoms with Crippen LogP contribution in [0.5, 0.6) is 0 Å². The van der Waals surface area contributed by atoms with Gasteiger partial charge >= 0.3 is 6.03 Å². The van der Waals surface area contributed by atoms with Crippen LogP contribution in [0.2, 0.25) is 0 Å². The molecular weight excluding hydrogens is 322 g/mol. The molecular formula is C17H21N5O3. The lowest BCUT2D eigenvalue weighted by molar-refractivity contribution is -0.126. The fourth-order valence-electron chi connectivity index (χ4n) is 2.85. The summed E-state index contributed by atoms with van der Waals surface area (Å²) in [6.07, 6.45) is 0.676. The van der Waals surface area contributed by atoms with Crippen LogP contribution in [0.3, 0.4) is 0 Å². The van der Waals surface area contributed by atoms with E-state index in [-0.39, 0.29) is 43.4 Å². The Morgan fingerprint density at radius 1 is 1.36 bits per heavy atom. The van der Waals surface area contributed by atoms with Gasteiger partial charge in [-0.2, -0.15) is 0 Å². The van der Waals surface area contributed by atoms with Gasteiger partial charge in [0.1, 0.15) is 12.4 Å². The van der Waals surface area contributed by atoms with Gasteiger partial charge in [-0.05, 0) is 25.5 Å². The minimum atomic E-state index is -0.305. The largest absolute Gasteiger partial charge is 0.346 e. The number of aromatic nitrogens is 2. The molecule has 1 saturated heterocycles. The van der Waals surface area contributed by atoms with E-state index in [0.29, 0.717) is 12.2 Å². The summed E-state index contributed by atoms with van der Waals surface area (Å²) in [5.74, 6) is 0.338. The number of carbonyl (C=O) groups is 3. The molecule has 0 spiro atoms. The number of fused-ring (bicyclic) bond motifs is 1. The number of carbonyl (C=O) groups excluding carboxylic acids is 3. The number of nitrogens with zero attached hydrogens (tertiary/aromatic N) is 3. The highest BCUT2D eigenvalue weighted by Gasteiger charge is 2.32. The van der Waals surface area contributed by atoms with Gasteiger partial charge in [-0.25, -0.2) is 9.78 Å². The zero-order valence-electron chi connectivity index (χ0n) is 14.3. The van der Waals surface area contributed by atoms with Crippen LogP contribution in [0.15, 0.2) is 24.3 Å². The van der Waals surface area contributed by atoms with Crippen LogP contribution >= 0.6 is 0 Å². The first kappa shape index (κ1) is 16.9. The standard InChI is InChI=1S/C17H21N5O3/c1-11(16-19-12-6-3-4-7-13(12)20-16)18-14(23)8-5-9-22-15(24)10-21(2)17(22)25/h3-4,6-7,11H,5,8-10H2,1-2H3,(H,18,23)(H,19,20)/t11-/m0/s1. The van der Waals surface area contributed by atoms with Crippen molar-refractivity contribution in [2.24, 2.45) is 0 Å². The van der Waals surface area contributed by atoms with Gasteiger partial charge in [-0.3, -0.25) is 14.5 Å². The zero-order valence-corrected chi connectivity index (χ0v) is 14.3. The molecule has 2 heterocycles. The number of hydrogen-bond donors (Lipinski definition) is 2. The fourth-order valence-corrected chi connectivity index (χ4v) is 2.85. The summed E-state index contributed by atoms with van der Waals surface area (Å²) >= 11 is 0. The maximum Gasteiger partial charge on any atom is 0.326 e. The van der Waals surface area contributed by atoms with Gasteiger partial charge in [-0.15, -0.1) is 0 Å². The lowest BCUT2D eigenvalue weighted by Crippen LogP contribution is -2.33. The number of H-pyrrole nitrogens is 1. The van der Waals surface area contributed by atoms with E-state index in [4.69, 9.17) is 0 Å². The highest BCUT2D eigenvalue weighted by Crippen LogP contribution is 2.16. The quantitative estimate of drug-likeness (QED) is 0.775. The molecule has 1 atom stereocenters. The summed E-state index contributed by atoms with van der Waals surface area (Å²) in [5.41, 5.74) is 1.78. The van der Waals surface area contributed by atoms with E-state index in [1.165, 1.54) is 9.80 Å². The predicted molar refractivity (Wildman–Crippen MR) is 91.6 cm³/mol. The molecule has 0 radical (unpaired) electrons. The average molecular weight is 343 g/mol. The fraction of sp³-hybridized carbons (Fsp3) is 0.412. The molecule has 25 heavy (non-hydrogen) atoms. The summed E-state index contributed by atoms with van der Waals surface area (Å²) in [5, 5.41) is 2.88. The molecule has 3 rings (SSSR count). The topological polar surface area (TPSA) is 98.4 Å². The lowest BCUT2D eigenvalue weighted by atomic mass is 10.2. The van der Waals surface area contributed by atoms with Crippen LogP contribution < -0.4 is 5.32 Å². The number of aromatic amines is 1. The third kappa shape index (κ3) is 3.62. The highest BCUT2D eigenvalue weighted by molar-refractivity contribution is 6.01. The van der Waals surface area contributed by atoms with Gasteiger partial charge in [0, 0.05) is 20.0 Å². The number of likely N-dealkylation sites (N-methyl/N-ethyl adjacent to an activating group) is 1. The van der Waals surface area contributed by atoms with Crippen LogP contribution in [0.4, 0.5) is 4.79 Å². The van der Waals surface area contributed by atoms with E-state index >= 15 is 0 Å². The Balaban J connectivity index is 1.49. The molecule has 1 fully saturated rings. The van der Waals surface area contributed by atoms with Crippen molar-refractivity contribution in [1.29, 1.82) is 0 Å². The van der Waals surface area contributed by atoms with Gasteiger partial charge < -0.3 is 15.2 Å². The minimum Gasteiger partial charge on any atom is -0.346 e. The first-order chi connectivity index (χ1) is 12.0. The number of urea groups is 1. The van der Waals surface area contributed by atoms with E-state index in [2.05, 4.69) is 15.3 Å². The molecule has 8 heteroatoms. The number of hydrogen-bond acceptors (Lipinski definition) is 4. The normalized spacial score (nSPS) is 15.9. The molecule has 132 valence electrons. The van der Waals surface area contributed by atoms with E-state index in [1.54, 1.807) is 7.05 Å². The number of imidazole rings is 1. The van der Waals surface area contributed by atoms with Crippen LogP contribution in [0.1, 0.15) is 31.6 Å². The monoisotopic (exact) mass is 343 g/mol. The van der Waals surface area contributed by atoms with Crippen LogP contribution in [0, 0.1) is 0 Å². The lowest BCUT2D eigenvalue weighted by Gasteiger charge is -2.15. The second-order valence-electron chi connectivity index (χ2n) is 6.22. The number of benzene rings is 1. The second-order valence-corrected chi connectivity index (χ2v) is 6.22. The number of nitrogens with one attached hydrogen (secondary N) is 2. The van der Waals surface area contributed by atoms with E-state index in [9.17, 15) is 14.4 Å². The van der Waals surface area contributed by atoms with Crippen LogP contribution in [-0.2, 0) is 9.59 Å². The predicted octanol–water partition coefficient (Wildman–Crippen LogP) is 1.41. The Kier molecular flexibility index (Phi) is 4.69. The number of para-hydroxylation sites is 2. The summed E-state index contributed by atoms with van der Waals surface area (Å²) < 4.78 is 0. The molecule has 2 N–H and O–H groups in total. The Bertz CT molecular complexity index is 782. The molecule has 0 unspecified atom stereocenters. The Hall–Kier alpha value is -2.90. The molecule has 1 aromatic heterocycles. The molecule has 0 saturated carbocycles. The summed E-state index contributed by atoms with van der Waals surface area (Å²) in [4.78, 5) is 45.7. The zero-order chi connectivity index (χ0) is 18.0.